The number of carbonyl (C=O) groups is 1. The van der Waals surface area contributed by atoms with E-state index in [0.29, 0.717) is 11.4 Å². The molecular formula is C20H18N4O2S. The fourth-order valence-electron chi connectivity index (χ4n) is 2.28. The summed E-state index contributed by atoms with van der Waals surface area (Å²) in [5, 5.41) is 14.3. The Kier molecular flexibility index (Phi) is 5.73. The van der Waals surface area contributed by atoms with E-state index in [1.807, 2.05) is 56.3 Å². The van der Waals surface area contributed by atoms with Crippen LogP contribution < -0.4 is 10.6 Å². The molecule has 0 bridgehead atoms. The zero-order chi connectivity index (χ0) is 19.2. The Bertz CT molecular complexity index is 980. The lowest BCUT2D eigenvalue weighted by Gasteiger charge is -2.11. The van der Waals surface area contributed by atoms with Gasteiger partial charge >= 0.3 is 0 Å². The lowest BCUT2D eigenvalue weighted by molar-refractivity contribution is 0.0950. The molecule has 0 saturated carbocycles. The first-order valence-electron chi connectivity index (χ1n) is 8.26. The molecule has 1 amide bonds. The molecule has 0 unspecified atom stereocenters. The molecule has 2 aromatic carbocycles. The highest BCUT2D eigenvalue weighted by molar-refractivity contribution is 7.80. The molecule has 0 spiro atoms. The van der Waals surface area contributed by atoms with Crippen LogP contribution in [-0.4, -0.2) is 11.0 Å². The van der Waals surface area contributed by atoms with E-state index in [9.17, 15) is 4.79 Å². The Balaban J connectivity index is 1.74. The van der Waals surface area contributed by atoms with Gasteiger partial charge in [0.2, 0.25) is 0 Å². The van der Waals surface area contributed by atoms with Crippen molar-refractivity contribution in [3.8, 4) is 0 Å². The van der Waals surface area contributed by atoms with Gasteiger partial charge in [-0.15, -0.1) is 5.11 Å². The summed E-state index contributed by atoms with van der Waals surface area (Å²) in [6.07, 6.45) is 1.43. The predicted octanol–water partition coefficient (Wildman–Crippen LogP) is 5.44. The van der Waals surface area contributed by atoms with Crippen LogP contribution >= 0.6 is 12.2 Å². The number of benzene rings is 2. The third kappa shape index (κ3) is 5.08. The summed E-state index contributed by atoms with van der Waals surface area (Å²) in [5.41, 5.74) is 4.20. The summed E-state index contributed by atoms with van der Waals surface area (Å²) in [6, 6.07) is 16.6. The van der Waals surface area contributed by atoms with Gasteiger partial charge in [-0.25, -0.2) is 0 Å². The van der Waals surface area contributed by atoms with Crippen molar-refractivity contribution >= 4 is 40.3 Å². The lowest BCUT2D eigenvalue weighted by Crippen LogP contribution is -2.33. The Hall–Kier alpha value is -3.32. The zero-order valence-corrected chi connectivity index (χ0v) is 15.7. The molecule has 0 aliphatic heterocycles. The minimum atomic E-state index is -0.424. The van der Waals surface area contributed by atoms with E-state index in [0.717, 1.165) is 16.8 Å². The third-order valence-electron chi connectivity index (χ3n) is 3.68. The second kappa shape index (κ2) is 8.37. The van der Waals surface area contributed by atoms with Crippen molar-refractivity contribution in [2.24, 2.45) is 10.2 Å². The summed E-state index contributed by atoms with van der Waals surface area (Å²) in [7, 11) is 0. The largest absolute Gasteiger partial charge is 0.459 e. The maximum Gasteiger partial charge on any atom is 0.293 e. The first kappa shape index (κ1) is 18.5. The van der Waals surface area contributed by atoms with E-state index < -0.39 is 5.91 Å². The van der Waals surface area contributed by atoms with E-state index in [-0.39, 0.29) is 10.9 Å². The fraction of sp³-hybridized carbons (Fsp3) is 0.100. The van der Waals surface area contributed by atoms with Crippen molar-refractivity contribution in [1.82, 2.24) is 5.32 Å². The molecule has 0 aliphatic rings. The van der Waals surface area contributed by atoms with Gasteiger partial charge in [-0.3, -0.25) is 10.1 Å². The van der Waals surface area contributed by atoms with Gasteiger partial charge in [-0.05, 0) is 68.0 Å². The Morgan fingerprint density at radius 3 is 2.44 bits per heavy atom. The van der Waals surface area contributed by atoms with E-state index in [1.54, 1.807) is 12.1 Å². The number of hydrogen-bond donors (Lipinski definition) is 2. The lowest BCUT2D eigenvalue weighted by atomic mass is 10.2. The molecule has 0 aliphatic carbocycles. The molecule has 6 nitrogen and oxygen atoms in total. The molecule has 27 heavy (non-hydrogen) atoms. The minimum Gasteiger partial charge on any atom is -0.459 e. The number of anilines is 1. The smallest absolute Gasteiger partial charge is 0.293 e. The maximum atomic E-state index is 12.0. The number of rotatable bonds is 4. The van der Waals surface area contributed by atoms with Crippen LogP contribution in [0.25, 0.3) is 0 Å². The standard InChI is InChI=1S/C20H18N4O2S/c1-13-5-8-15(9-6-13)23-24-17-12-14(2)7-10-16(17)21-20(27)22-19(25)18-4-3-11-26-18/h3-12H,1-2H3,(H2,21,22,25,27). The zero-order valence-electron chi connectivity index (χ0n) is 14.9. The highest BCUT2D eigenvalue weighted by Crippen LogP contribution is 2.28. The number of hydrogen-bond acceptors (Lipinski definition) is 5. The Labute approximate surface area is 162 Å². The highest BCUT2D eigenvalue weighted by atomic mass is 32.1. The van der Waals surface area contributed by atoms with Gasteiger partial charge < -0.3 is 9.73 Å². The van der Waals surface area contributed by atoms with Crippen LogP contribution in [0.3, 0.4) is 0 Å². The molecule has 3 aromatic rings. The van der Waals surface area contributed by atoms with Crippen LogP contribution in [0, 0.1) is 13.8 Å². The van der Waals surface area contributed by atoms with Gasteiger partial charge in [0.15, 0.2) is 10.9 Å². The first-order chi connectivity index (χ1) is 13.0. The summed E-state index contributed by atoms with van der Waals surface area (Å²) >= 11 is 5.21. The van der Waals surface area contributed by atoms with Crippen LogP contribution in [0.1, 0.15) is 21.7 Å². The van der Waals surface area contributed by atoms with Crippen molar-refractivity contribution in [2.45, 2.75) is 13.8 Å². The molecule has 1 aromatic heterocycles. The van der Waals surface area contributed by atoms with E-state index in [1.165, 1.54) is 6.26 Å². The number of furan rings is 1. The summed E-state index contributed by atoms with van der Waals surface area (Å²) in [5.74, 6) is -0.241. The van der Waals surface area contributed by atoms with Gasteiger partial charge in [0.1, 0.15) is 5.69 Å². The van der Waals surface area contributed by atoms with Gasteiger partial charge in [0.25, 0.3) is 5.91 Å². The second-order valence-electron chi connectivity index (χ2n) is 5.94. The number of nitrogens with one attached hydrogen (secondary N) is 2. The molecule has 3 rings (SSSR count). The number of carbonyl (C=O) groups excluding carboxylic acids is 1. The molecule has 0 atom stereocenters. The quantitative estimate of drug-likeness (QED) is 0.468. The summed E-state index contributed by atoms with van der Waals surface area (Å²) < 4.78 is 5.05. The maximum absolute atomic E-state index is 12.0. The van der Waals surface area contributed by atoms with Gasteiger partial charge in [-0.1, -0.05) is 23.8 Å². The van der Waals surface area contributed by atoms with Crippen molar-refractivity contribution in [2.75, 3.05) is 5.32 Å². The van der Waals surface area contributed by atoms with E-state index >= 15 is 0 Å². The molecule has 0 saturated heterocycles. The van der Waals surface area contributed by atoms with E-state index in [2.05, 4.69) is 20.9 Å². The van der Waals surface area contributed by atoms with Crippen molar-refractivity contribution in [1.29, 1.82) is 0 Å². The third-order valence-corrected chi connectivity index (χ3v) is 3.88. The average molecular weight is 378 g/mol. The van der Waals surface area contributed by atoms with Crippen LogP contribution in [0.15, 0.2) is 75.5 Å². The number of nitrogens with zero attached hydrogens (tertiary/aromatic N) is 2. The Morgan fingerprint density at radius 2 is 1.74 bits per heavy atom. The van der Waals surface area contributed by atoms with Gasteiger partial charge in [-0.2, -0.15) is 5.11 Å². The van der Waals surface area contributed by atoms with Gasteiger partial charge in [0, 0.05) is 0 Å². The molecule has 2 N–H and O–H groups in total. The normalized spacial score (nSPS) is 10.7. The van der Waals surface area contributed by atoms with Gasteiger partial charge in [0.05, 0.1) is 17.6 Å². The molecule has 136 valence electrons. The second-order valence-corrected chi connectivity index (χ2v) is 6.35. The Morgan fingerprint density at radius 1 is 1.00 bits per heavy atom. The molecule has 1 heterocycles. The highest BCUT2D eigenvalue weighted by Gasteiger charge is 2.11. The molecule has 0 radical (unpaired) electrons. The average Bonchev–Trinajstić information content (AvgIpc) is 3.18. The topological polar surface area (TPSA) is 79.0 Å². The fourth-order valence-corrected chi connectivity index (χ4v) is 2.48. The predicted molar refractivity (Wildman–Crippen MR) is 109 cm³/mol. The number of thiocarbonyl (C=S) groups is 1. The summed E-state index contributed by atoms with van der Waals surface area (Å²) in [6.45, 7) is 3.98. The van der Waals surface area contributed by atoms with Crippen LogP contribution in [0.2, 0.25) is 0 Å². The van der Waals surface area contributed by atoms with Crippen LogP contribution in [0.5, 0.6) is 0 Å². The van der Waals surface area contributed by atoms with Crippen molar-refractivity contribution < 1.29 is 9.21 Å². The number of aryl methyl sites for hydroxylation is 2. The molecule has 7 heteroatoms. The number of azo groups is 1. The van der Waals surface area contributed by atoms with Crippen LogP contribution in [-0.2, 0) is 0 Å². The van der Waals surface area contributed by atoms with E-state index in [4.69, 9.17) is 16.6 Å². The van der Waals surface area contributed by atoms with Crippen LogP contribution in [0.4, 0.5) is 17.1 Å². The molecular weight excluding hydrogens is 360 g/mol. The molecule has 0 fully saturated rings. The van der Waals surface area contributed by atoms with Crippen molar-refractivity contribution in [3.05, 3.63) is 77.7 Å². The first-order valence-corrected chi connectivity index (χ1v) is 8.67. The number of amides is 1. The summed E-state index contributed by atoms with van der Waals surface area (Å²) in [4.78, 5) is 12.0. The SMILES string of the molecule is Cc1ccc(N=Nc2cc(C)ccc2NC(=S)NC(=O)c2ccco2)cc1. The monoisotopic (exact) mass is 378 g/mol. The van der Waals surface area contributed by atoms with Crippen molar-refractivity contribution in [3.63, 3.8) is 0 Å². The minimum absolute atomic E-state index is 0.145.